The van der Waals surface area contributed by atoms with Crippen LogP contribution < -0.4 is 4.57 Å². The van der Waals surface area contributed by atoms with E-state index < -0.39 is 0 Å². The van der Waals surface area contributed by atoms with Crippen molar-refractivity contribution in [2.24, 2.45) is 0 Å². The second-order valence-corrected chi connectivity index (χ2v) is 5.80. The highest BCUT2D eigenvalue weighted by Gasteiger charge is 2.09. The van der Waals surface area contributed by atoms with E-state index in [1.807, 2.05) is 24.5 Å². The van der Waals surface area contributed by atoms with Gasteiger partial charge in [0, 0.05) is 17.2 Å². The SMILES string of the molecule is CC(=O)c1ccc[n+](CCc2csc3ccccc23)c1. The van der Waals surface area contributed by atoms with Gasteiger partial charge in [0.05, 0.1) is 5.56 Å². The Hall–Kier alpha value is -2.00. The zero-order chi connectivity index (χ0) is 13.9. The third-order valence-corrected chi connectivity index (χ3v) is 4.48. The van der Waals surface area contributed by atoms with Crippen molar-refractivity contribution in [1.29, 1.82) is 0 Å². The maximum Gasteiger partial charge on any atom is 0.179 e. The molecule has 0 saturated heterocycles. The topological polar surface area (TPSA) is 20.9 Å². The lowest BCUT2D eigenvalue weighted by atomic mass is 10.1. The largest absolute Gasteiger partial charge is 0.294 e. The molecule has 0 bridgehead atoms. The average molecular weight is 282 g/mol. The first-order valence-corrected chi connectivity index (χ1v) is 7.57. The highest BCUT2D eigenvalue weighted by atomic mass is 32.1. The van der Waals surface area contributed by atoms with Gasteiger partial charge in [-0.2, -0.15) is 0 Å². The highest BCUT2D eigenvalue weighted by Crippen LogP contribution is 2.25. The number of hydrogen-bond acceptors (Lipinski definition) is 2. The van der Waals surface area contributed by atoms with Crippen molar-refractivity contribution < 1.29 is 9.36 Å². The number of ketones is 1. The second kappa shape index (κ2) is 5.55. The van der Waals surface area contributed by atoms with Crippen LogP contribution in [0, 0.1) is 0 Å². The van der Waals surface area contributed by atoms with E-state index >= 15 is 0 Å². The monoisotopic (exact) mass is 282 g/mol. The fraction of sp³-hybridized carbons (Fsp3) is 0.176. The molecular formula is C17H16NOS+. The van der Waals surface area contributed by atoms with Crippen LogP contribution in [-0.4, -0.2) is 5.78 Å². The summed E-state index contributed by atoms with van der Waals surface area (Å²) >= 11 is 1.79. The first kappa shape index (κ1) is 13.0. The Morgan fingerprint density at radius 3 is 2.90 bits per heavy atom. The Morgan fingerprint density at radius 2 is 2.05 bits per heavy atom. The first-order valence-electron chi connectivity index (χ1n) is 6.69. The van der Waals surface area contributed by atoms with E-state index in [-0.39, 0.29) is 5.78 Å². The number of aromatic nitrogens is 1. The molecule has 0 radical (unpaired) electrons. The zero-order valence-corrected chi connectivity index (χ0v) is 12.2. The van der Waals surface area contributed by atoms with Gasteiger partial charge in [-0.15, -0.1) is 11.3 Å². The van der Waals surface area contributed by atoms with Crippen LogP contribution >= 0.6 is 11.3 Å². The van der Waals surface area contributed by atoms with Gasteiger partial charge in [-0.3, -0.25) is 4.79 Å². The number of Topliss-reactive ketones (excluding diaryl/α,β-unsaturated/α-hetero) is 1. The molecule has 0 amide bonds. The van der Waals surface area contributed by atoms with Gasteiger partial charge in [-0.1, -0.05) is 18.2 Å². The number of nitrogens with zero attached hydrogens (tertiary/aromatic N) is 1. The third kappa shape index (κ3) is 2.63. The minimum atomic E-state index is 0.111. The molecule has 0 spiro atoms. The molecule has 0 fully saturated rings. The Kier molecular flexibility index (Phi) is 3.61. The summed E-state index contributed by atoms with van der Waals surface area (Å²) < 4.78 is 3.42. The summed E-state index contributed by atoms with van der Waals surface area (Å²) in [6.45, 7) is 2.49. The average Bonchev–Trinajstić information content (AvgIpc) is 2.89. The molecule has 0 N–H and O–H groups in total. The van der Waals surface area contributed by atoms with E-state index in [1.54, 1.807) is 18.3 Å². The molecule has 3 aromatic rings. The van der Waals surface area contributed by atoms with E-state index in [0.717, 1.165) is 18.5 Å². The van der Waals surface area contributed by atoms with E-state index in [1.165, 1.54) is 15.6 Å². The number of fused-ring (bicyclic) bond motifs is 1. The van der Waals surface area contributed by atoms with Crippen LogP contribution in [0.4, 0.5) is 0 Å². The summed E-state index contributed by atoms with van der Waals surface area (Å²) in [6.07, 6.45) is 4.92. The molecule has 3 heteroatoms. The van der Waals surface area contributed by atoms with Crippen molar-refractivity contribution in [3.8, 4) is 0 Å². The minimum absolute atomic E-state index is 0.111. The smallest absolute Gasteiger partial charge is 0.179 e. The number of benzene rings is 1. The molecule has 1 aromatic carbocycles. The summed E-state index contributed by atoms with van der Waals surface area (Å²) in [7, 11) is 0. The van der Waals surface area contributed by atoms with Crippen LogP contribution in [0.25, 0.3) is 10.1 Å². The molecule has 0 unspecified atom stereocenters. The lowest BCUT2D eigenvalue weighted by Gasteiger charge is -1.99. The second-order valence-electron chi connectivity index (χ2n) is 4.89. The number of thiophene rings is 1. The summed E-state index contributed by atoms with van der Waals surface area (Å²) in [6, 6.07) is 12.3. The molecular weight excluding hydrogens is 266 g/mol. The van der Waals surface area contributed by atoms with E-state index in [9.17, 15) is 4.79 Å². The molecule has 0 aliphatic rings. The number of hydrogen-bond donors (Lipinski definition) is 0. The maximum atomic E-state index is 11.4. The molecule has 0 aliphatic carbocycles. The summed E-state index contributed by atoms with van der Waals surface area (Å²) in [5.41, 5.74) is 2.15. The fourth-order valence-electron chi connectivity index (χ4n) is 2.35. The fourth-order valence-corrected chi connectivity index (χ4v) is 3.34. The molecule has 2 aromatic heterocycles. The predicted molar refractivity (Wildman–Crippen MR) is 82.2 cm³/mol. The lowest BCUT2D eigenvalue weighted by molar-refractivity contribution is -0.696. The summed E-state index contributed by atoms with van der Waals surface area (Å²) in [5, 5.41) is 3.58. The van der Waals surface area contributed by atoms with Crippen molar-refractivity contribution in [2.45, 2.75) is 19.9 Å². The van der Waals surface area contributed by atoms with Crippen LogP contribution in [-0.2, 0) is 13.0 Å². The lowest BCUT2D eigenvalue weighted by Crippen LogP contribution is -2.34. The van der Waals surface area contributed by atoms with Crippen molar-refractivity contribution in [3.63, 3.8) is 0 Å². The van der Waals surface area contributed by atoms with Crippen molar-refractivity contribution in [3.05, 3.63) is 65.3 Å². The van der Waals surface area contributed by atoms with Crippen molar-refractivity contribution in [2.75, 3.05) is 0 Å². The standard InChI is InChI=1S/C17H16NOS/c1-13(19)14-5-4-9-18(11-14)10-8-15-12-20-17-7-3-2-6-16(15)17/h2-7,9,11-12H,8,10H2,1H3/q+1. The van der Waals surface area contributed by atoms with E-state index in [2.05, 4.69) is 34.2 Å². The van der Waals surface area contributed by atoms with Gasteiger partial charge in [-0.25, -0.2) is 4.57 Å². The Labute approximate surface area is 122 Å². The molecule has 2 nitrogen and oxygen atoms in total. The van der Waals surface area contributed by atoms with Gasteiger partial charge in [-0.05, 0) is 35.4 Å². The highest BCUT2D eigenvalue weighted by molar-refractivity contribution is 7.17. The number of carbonyl (C=O) groups excluding carboxylic acids is 1. The Bertz CT molecular complexity index is 760. The van der Waals surface area contributed by atoms with Gasteiger partial charge >= 0.3 is 0 Å². The van der Waals surface area contributed by atoms with Gasteiger partial charge in [0.2, 0.25) is 0 Å². The number of pyridine rings is 1. The van der Waals surface area contributed by atoms with E-state index in [4.69, 9.17) is 0 Å². The van der Waals surface area contributed by atoms with Gasteiger partial charge in [0.25, 0.3) is 0 Å². The van der Waals surface area contributed by atoms with E-state index in [0.29, 0.717) is 0 Å². The number of rotatable bonds is 4. The summed E-state index contributed by atoms with van der Waals surface area (Å²) in [5.74, 6) is 0.111. The molecule has 2 heterocycles. The predicted octanol–water partition coefficient (Wildman–Crippen LogP) is 3.63. The van der Waals surface area contributed by atoms with Gasteiger partial charge < -0.3 is 0 Å². The van der Waals surface area contributed by atoms with Gasteiger partial charge in [0.1, 0.15) is 0 Å². The molecule has 20 heavy (non-hydrogen) atoms. The van der Waals surface area contributed by atoms with Crippen LogP contribution in [0.2, 0.25) is 0 Å². The Morgan fingerprint density at radius 1 is 1.20 bits per heavy atom. The minimum Gasteiger partial charge on any atom is -0.294 e. The van der Waals surface area contributed by atoms with Crippen molar-refractivity contribution >= 4 is 27.2 Å². The number of carbonyl (C=O) groups is 1. The van der Waals surface area contributed by atoms with Crippen molar-refractivity contribution in [1.82, 2.24) is 0 Å². The van der Waals surface area contributed by atoms with Crippen LogP contribution in [0.5, 0.6) is 0 Å². The van der Waals surface area contributed by atoms with Crippen LogP contribution in [0.1, 0.15) is 22.8 Å². The summed E-state index contributed by atoms with van der Waals surface area (Å²) in [4.78, 5) is 11.4. The zero-order valence-electron chi connectivity index (χ0n) is 11.4. The molecule has 3 rings (SSSR count). The number of aryl methyl sites for hydroxylation is 2. The van der Waals surface area contributed by atoms with Gasteiger partial charge in [0.15, 0.2) is 24.7 Å². The van der Waals surface area contributed by atoms with Crippen LogP contribution in [0.15, 0.2) is 54.2 Å². The molecule has 100 valence electrons. The Balaban J connectivity index is 1.79. The maximum absolute atomic E-state index is 11.4. The third-order valence-electron chi connectivity index (χ3n) is 3.47. The quantitative estimate of drug-likeness (QED) is 0.529. The van der Waals surface area contributed by atoms with Crippen LogP contribution in [0.3, 0.4) is 0 Å². The first-order chi connectivity index (χ1) is 9.74. The molecule has 0 atom stereocenters. The molecule has 0 aliphatic heterocycles. The molecule has 0 saturated carbocycles. The normalized spacial score (nSPS) is 10.8.